The van der Waals surface area contributed by atoms with E-state index < -0.39 is 0 Å². The molecule has 0 unspecified atom stereocenters. The van der Waals surface area contributed by atoms with Gasteiger partial charge in [-0.25, -0.2) is 9.97 Å². The summed E-state index contributed by atoms with van der Waals surface area (Å²) in [5.41, 5.74) is 2.23. The van der Waals surface area contributed by atoms with Crippen LogP contribution in [0.25, 0.3) is 11.2 Å². The zero-order valence-electron chi connectivity index (χ0n) is 9.52. The van der Waals surface area contributed by atoms with Gasteiger partial charge in [0, 0.05) is 5.02 Å². The average Bonchev–Trinajstić information content (AvgIpc) is 2.76. The smallest absolute Gasteiger partial charge is 0.225 e. The molecule has 3 rings (SSSR count). The normalized spacial score (nSPS) is 11.1. The maximum atomic E-state index is 5.97. The molecular formula is C12H7Cl3N4. The number of imidazole rings is 1. The van der Waals surface area contributed by atoms with Crippen LogP contribution in [0.5, 0.6) is 0 Å². The fraction of sp³-hybridized carbons (Fsp3) is 0.0833. The van der Waals surface area contributed by atoms with E-state index in [1.807, 2.05) is 28.8 Å². The largest absolute Gasteiger partial charge is 0.311 e. The Labute approximate surface area is 124 Å². The Morgan fingerprint density at radius 1 is 1.00 bits per heavy atom. The van der Waals surface area contributed by atoms with Crippen LogP contribution in [0.2, 0.25) is 15.5 Å². The Morgan fingerprint density at radius 3 is 2.47 bits per heavy atom. The van der Waals surface area contributed by atoms with Gasteiger partial charge in [-0.2, -0.15) is 4.98 Å². The molecule has 0 saturated carbocycles. The summed E-state index contributed by atoms with van der Waals surface area (Å²) < 4.78 is 1.86. The molecule has 1 aromatic carbocycles. The van der Waals surface area contributed by atoms with Gasteiger partial charge < -0.3 is 4.57 Å². The lowest BCUT2D eigenvalue weighted by Crippen LogP contribution is -1.99. The molecule has 7 heteroatoms. The topological polar surface area (TPSA) is 43.6 Å². The summed E-state index contributed by atoms with van der Waals surface area (Å²) in [5, 5.41) is 1.06. The molecule has 3 aromatic rings. The summed E-state index contributed by atoms with van der Waals surface area (Å²) in [6, 6.07) is 7.56. The lowest BCUT2D eigenvalue weighted by Gasteiger charge is -2.04. The van der Waals surface area contributed by atoms with Crippen LogP contribution in [0.1, 0.15) is 5.56 Å². The maximum absolute atomic E-state index is 5.97. The van der Waals surface area contributed by atoms with Crippen molar-refractivity contribution in [2.45, 2.75) is 6.54 Å². The fourth-order valence-electron chi connectivity index (χ4n) is 1.79. The molecule has 4 nitrogen and oxygen atoms in total. The van der Waals surface area contributed by atoms with E-state index >= 15 is 0 Å². The van der Waals surface area contributed by atoms with E-state index in [4.69, 9.17) is 34.8 Å². The van der Waals surface area contributed by atoms with Crippen LogP contribution in [0.4, 0.5) is 0 Å². The number of hydrogen-bond donors (Lipinski definition) is 0. The molecule has 0 amide bonds. The highest BCUT2D eigenvalue weighted by atomic mass is 35.5. The van der Waals surface area contributed by atoms with Crippen LogP contribution in [-0.2, 0) is 6.54 Å². The van der Waals surface area contributed by atoms with E-state index in [-0.39, 0.29) is 10.4 Å². The predicted molar refractivity (Wildman–Crippen MR) is 75.9 cm³/mol. The van der Waals surface area contributed by atoms with Gasteiger partial charge in [-0.05, 0) is 29.3 Å². The number of benzene rings is 1. The number of rotatable bonds is 2. The van der Waals surface area contributed by atoms with Crippen LogP contribution in [0, 0.1) is 0 Å². The molecule has 0 spiro atoms. The average molecular weight is 314 g/mol. The summed E-state index contributed by atoms with van der Waals surface area (Å²) in [6.45, 7) is 0.608. The molecule has 2 aromatic heterocycles. The van der Waals surface area contributed by atoms with Gasteiger partial charge >= 0.3 is 0 Å². The monoisotopic (exact) mass is 312 g/mol. The molecule has 2 heterocycles. The standard InChI is InChI=1S/C12H7Cl3N4/c13-8-3-1-7(2-4-8)5-19-6-16-9-10(14)17-12(15)18-11(9)19/h1-4,6H,5H2. The zero-order chi connectivity index (χ0) is 13.4. The van der Waals surface area contributed by atoms with Gasteiger partial charge in [0.1, 0.15) is 5.52 Å². The zero-order valence-corrected chi connectivity index (χ0v) is 11.8. The van der Waals surface area contributed by atoms with Crippen molar-refractivity contribution < 1.29 is 0 Å². The van der Waals surface area contributed by atoms with Crippen LogP contribution < -0.4 is 0 Å². The van der Waals surface area contributed by atoms with Gasteiger partial charge in [-0.15, -0.1) is 0 Å². The Morgan fingerprint density at radius 2 is 1.74 bits per heavy atom. The van der Waals surface area contributed by atoms with E-state index in [0.29, 0.717) is 22.7 Å². The quantitative estimate of drug-likeness (QED) is 0.533. The van der Waals surface area contributed by atoms with Crippen LogP contribution in [0.3, 0.4) is 0 Å². The van der Waals surface area contributed by atoms with Gasteiger partial charge in [0.25, 0.3) is 0 Å². The molecule has 0 atom stereocenters. The van der Waals surface area contributed by atoms with E-state index in [1.165, 1.54) is 0 Å². The molecule has 96 valence electrons. The predicted octanol–water partition coefficient (Wildman–Crippen LogP) is 3.83. The number of nitrogens with zero attached hydrogens (tertiary/aromatic N) is 4. The molecule has 0 N–H and O–H groups in total. The molecule has 0 saturated heterocycles. The highest BCUT2D eigenvalue weighted by Gasteiger charge is 2.11. The lowest BCUT2D eigenvalue weighted by molar-refractivity contribution is 0.813. The Bertz CT molecular complexity index is 737. The Hall–Kier alpha value is -1.36. The van der Waals surface area contributed by atoms with Crippen molar-refractivity contribution in [3.8, 4) is 0 Å². The summed E-state index contributed by atoms with van der Waals surface area (Å²) >= 11 is 17.6. The van der Waals surface area contributed by atoms with Crippen LogP contribution >= 0.6 is 34.8 Å². The van der Waals surface area contributed by atoms with E-state index in [1.54, 1.807) is 6.33 Å². The van der Waals surface area contributed by atoms with Crippen molar-refractivity contribution in [3.05, 3.63) is 51.6 Å². The second kappa shape index (κ2) is 4.96. The number of halogens is 3. The Kier molecular flexibility index (Phi) is 3.31. The SMILES string of the molecule is Clc1ccc(Cn2cnc3c(Cl)nc(Cl)nc32)cc1. The van der Waals surface area contributed by atoms with Gasteiger partial charge in [0.2, 0.25) is 5.28 Å². The second-order valence-corrected chi connectivity index (χ2v) is 5.09. The second-order valence-electron chi connectivity index (χ2n) is 3.95. The molecule has 0 aliphatic carbocycles. The minimum absolute atomic E-state index is 0.107. The minimum atomic E-state index is 0.107. The first-order chi connectivity index (χ1) is 9.13. The van der Waals surface area contributed by atoms with Gasteiger partial charge in [-0.1, -0.05) is 35.3 Å². The third kappa shape index (κ3) is 2.52. The molecule has 19 heavy (non-hydrogen) atoms. The summed E-state index contributed by atoms with van der Waals surface area (Å²) in [5.74, 6) is 0. The number of hydrogen-bond acceptors (Lipinski definition) is 3. The van der Waals surface area contributed by atoms with E-state index in [2.05, 4.69) is 15.0 Å². The first-order valence-corrected chi connectivity index (χ1v) is 6.55. The third-order valence-corrected chi connectivity index (χ3v) is 3.34. The van der Waals surface area contributed by atoms with Gasteiger partial charge in [0.05, 0.1) is 12.9 Å². The van der Waals surface area contributed by atoms with Crippen molar-refractivity contribution in [2.75, 3.05) is 0 Å². The first-order valence-electron chi connectivity index (χ1n) is 5.42. The maximum Gasteiger partial charge on any atom is 0.225 e. The molecule has 0 radical (unpaired) electrons. The lowest BCUT2D eigenvalue weighted by atomic mass is 10.2. The Balaban J connectivity index is 2.03. The molecule has 0 aliphatic heterocycles. The van der Waals surface area contributed by atoms with E-state index in [0.717, 1.165) is 5.56 Å². The van der Waals surface area contributed by atoms with Crippen molar-refractivity contribution >= 4 is 46.0 Å². The first kappa shape index (κ1) is 12.7. The number of fused-ring (bicyclic) bond motifs is 1. The molecule has 0 aliphatic rings. The molecular weight excluding hydrogens is 307 g/mol. The summed E-state index contributed by atoms with van der Waals surface area (Å²) in [4.78, 5) is 12.2. The van der Waals surface area contributed by atoms with Crippen LogP contribution in [-0.4, -0.2) is 19.5 Å². The van der Waals surface area contributed by atoms with Crippen molar-refractivity contribution in [3.63, 3.8) is 0 Å². The van der Waals surface area contributed by atoms with Gasteiger partial charge in [-0.3, -0.25) is 0 Å². The molecule has 0 bridgehead atoms. The third-order valence-electron chi connectivity index (χ3n) is 2.66. The highest BCUT2D eigenvalue weighted by Crippen LogP contribution is 2.21. The fourth-order valence-corrected chi connectivity index (χ4v) is 2.33. The van der Waals surface area contributed by atoms with Crippen molar-refractivity contribution in [2.24, 2.45) is 0 Å². The number of aromatic nitrogens is 4. The van der Waals surface area contributed by atoms with Crippen LogP contribution in [0.15, 0.2) is 30.6 Å². The van der Waals surface area contributed by atoms with E-state index in [9.17, 15) is 0 Å². The van der Waals surface area contributed by atoms with Gasteiger partial charge in [0.15, 0.2) is 10.8 Å². The summed E-state index contributed by atoms with van der Waals surface area (Å²) in [6.07, 6.45) is 1.66. The molecule has 0 fully saturated rings. The highest BCUT2D eigenvalue weighted by molar-refractivity contribution is 6.35. The summed E-state index contributed by atoms with van der Waals surface area (Å²) in [7, 11) is 0. The minimum Gasteiger partial charge on any atom is -0.311 e. The van der Waals surface area contributed by atoms with Crippen molar-refractivity contribution in [1.82, 2.24) is 19.5 Å². The van der Waals surface area contributed by atoms with Crippen molar-refractivity contribution in [1.29, 1.82) is 0 Å².